The predicted molar refractivity (Wildman–Crippen MR) is 83.6 cm³/mol. The van der Waals surface area contributed by atoms with Crippen molar-refractivity contribution >= 4 is 11.8 Å². The lowest BCUT2D eigenvalue weighted by molar-refractivity contribution is 0.354. The van der Waals surface area contributed by atoms with Crippen LogP contribution < -0.4 is 14.8 Å². The molecule has 0 aliphatic carbocycles. The molecule has 0 saturated carbocycles. The first-order chi connectivity index (χ1) is 9.22. The summed E-state index contributed by atoms with van der Waals surface area (Å²) < 4.78 is 10.6. The number of hydrogen-bond acceptors (Lipinski definition) is 4. The first-order valence-corrected chi connectivity index (χ1v) is 7.91. The molecule has 108 valence electrons. The average Bonchev–Trinajstić information content (AvgIpc) is 2.46. The van der Waals surface area contributed by atoms with Crippen LogP contribution >= 0.6 is 11.8 Å². The van der Waals surface area contributed by atoms with Crippen molar-refractivity contribution < 1.29 is 9.47 Å². The van der Waals surface area contributed by atoms with Crippen molar-refractivity contribution in [3.8, 4) is 11.5 Å². The molecule has 0 aliphatic heterocycles. The minimum atomic E-state index is 0.325. The molecular formula is C15H25NO2S. The molecule has 1 rings (SSSR count). The van der Waals surface area contributed by atoms with Crippen LogP contribution in [-0.2, 0) is 0 Å². The summed E-state index contributed by atoms with van der Waals surface area (Å²) in [5.74, 6) is 3.99. The molecule has 1 aromatic rings. The Labute approximate surface area is 121 Å². The molecular weight excluding hydrogens is 258 g/mol. The van der Waals surface area contributed by atoms with E-state index >= 15 is 0 Å². The highest BCUT2D eigenvalue weighted by atomic mass is 32.2. The topological polar surface area (TPSA) is 30.5 Å². The smallest absolute Gasteiger partial charge is 0.161 e. The van der Waals surface area contributed by atoms with Gasteiger partial charge in [-0.2, -0.15) is 11.8 Å². The van der Waals surface area contributed by atoms with Crippen LogP contribution in [0.4, 0.5) is 0 Å². The van der Waals surface area contributed by atoms with Gasteiger partial charge in [-0.1, -0.05) is 13.0 Å². The summed E-state index contributed by atoms with van der Waals surface area (Å²) >= 11 is 1.99. The van der Waals surface area contributed by atoms with E-state index in [1.807, 2.05) is 23.9 Å². The van der Waals surface area contributed by atoms with Crippen LogP contribution in [0, 0.1) is 0 Å². The van der Waals surface area contributed by atoms with Crippen molar-refractivity contribution in [1.82, 2.24) is 5.32 Å². The number of rotatable bonds is 9. The predicted octanol–water partition coefficient (Wildman–Crippen LogP) is 3.50. The van der Waals surface area contributed by atoms with Crippen LogP contribution in [-0.4, -0.2) is 32.3 Å². The molecule has 3 nitrogen and oxygen atoms in total. The molecule has 19 heavy (non-hydrogen) atoms. The lowest BCUT2D eigenvalue weighted by Gasteiger charge is -2.16. The quantitative estimate of drug-likeness (QED) is 0.703. The van der Waals surface area contributed by atoms with Gasteiger partial charge >= 0.3 is 0 Å². The van der Waals surface area contributed by atoms with E-state index in [0.29, 0.717) is 6.04 Å². The van der Waals surface area contributed by atoms with Crippen molar-refractivity contribution in [2.45, 2.75) is 26.3 Å². The van der Waals surface area contributed by atoms with E-state index in [-0.39, 0.29) is 0 Å². The highest BCUT2D eigenvalue weighted by molar-refractivity contribution is 7.99. The van der Waals surface area contributed by atoms with Gasteiger partial charge in [-0.05, 0) is 49.1 Å². The van der Waals surface area contributed by atoms with Crippen LogP contribution in [0.15, 0.2) is 18.2 Å². The summed E-state index contributed by atoms with van der Waals surface area (Å²) in [6, 6.07) is 6.41. The van der Waals surface area contributed by atoms with Gasteiger partial charge < -0.3 is 14.8 Å². The number of thioether (sulfide) groups is 1. The monoisotopic (exact) mass is 283 g/mol. The second-order valence-corrected chi connectivity index (χ2v) is 5.73. The lowest BCUT2D eigenvalue weighted by Crippen LogP contribution is -2.20. The van der Waals surface area contributed by atoms with Gasteiger partial charge in [-0.3, -0.25) is 0 Å². The third kappa shape index (κ3) is 5.33. The largest absolute Gasteiger partial charge is 0.493 e. The molecule has 1 aromatic carbocycles. The van der Waals surface area contributed by atoms with Crippen molar-refractivity contribution in [1.29, 1.82) is 0 Å². The van der Waals surface area contributed by atoms with E-state index in [1.54, 1.807) is 14.2 Å². The number of hydrogen-bond donors (Lipinski definition) is 1. The Morgan fingerprint density at radius 2 is 1.95 bits per heavy atom. The van der Waals surface area contributed by atoms with Gasteiger partial charge in [0.05, 0.1) is 14.2 Å². The number of benzene rings is 1. The van der Waals surface area contributed by atoms with Gasteiger partial charge in [-0.15, -0.1) is 0 Å². The molecule has 0 fully saturated rings. The molecule has 0 amide bonds. The summed E-state index contributed by atoms with van der Waals surface area (Å²) in [7, 11) is 3.33. The number of methoxy groups -OCH3 is 2. The van der Waals surface area contributed by atoms with E-state index in [0.717, 1.165) is 18.0 Å². The van der Waals surface area contributed by atoms with E-state index in [2.05, 4.69) is 25.2 Å². The first-order valence-electron chi connectivity index (χ1n) is 6.76. The van der Waals surface area contributed by atoms with Crippen LogP contribution in [0.3, 0.4) is 0 Å². The molecule has 0 aliphatic rings. The molecule has 0 heterocycles. The van der Waals surface area contributed by atoms with Gasteiger partial charge in [0, 0.05) is 6.04 Å². The Hall–Kier alpha value is -0.870. The molecule has 0 spiro atoms. The Morgan fingerprint density at radius 1 is 1.21 bits per heavy atom. The SMILES string of the molecule is CCSCCCNC(C)c1ccc(OC)c(OC)c1. The van der Waals surface area contributed by atoms with E-state index in [4.69, 9.17) is 9.47 Å². The molecule has 1 N–H and O–H groups in total. The van der Waals surface area contributed by atoms with Gasteiger partial charge in [0.2, 0.25) is 0 Å². The third-order valence-corrected chi connectivity index (χ3v) is 4.01. The second-order valence-electron chi connectivity index (χ2n) is 4.34. The highest BCUT2D eigenvalue weighted by Gasteiger charge is 2.09. The minimum absolute atomic E-state index is 0.325. The fourth-order valence-electron chi connectivity index (χ4n) is 1.88. The van der Waals surface area contributed by atoms with Crippen LogP contribution in [0.2, 0.25) is 0 Å². The average molecular weight is 283 g/mol. The molecule has 0 saturated heterocycles. The summed E-state index contributed by atoms with van der Waals surface area (Å²) in [6.45, 7) is 5.42. The maximum absolute atomic E-state index is 5.33. The number of ether oxygens (including phenoxy) is 2. The zero-order valence-electron chi connectivity index (χ0n) is 12.4. The molecule has 0 bridgehead atoms. The molecule has 1 atom stereocenters. The van der Waals surface area contributed by atoms with E-state index in [9.17, 15) is 0 Å². The Balaban J connectivity index is 2.49. The van der Waals surface area contributed by atoms with Crippen LogP contribution in [0.25, 0.3) is 0 Å². The van der Waals surface area contributed by atoms with Crippen molar-refractivity contribution in [3.63, 3.8) is 0 Å². The standard InChI is InChI=1S/C15H25NO2S/c1-5-19-10-6-9-16-12(2)13-7-8-14(17-3)15(11-13)18-4/h7-8,11-12,16H,5-6,9-10H2,1-4H3. The summed E-state index contributed by atoms with van der Waals surface area (Å²) in [5, 5.41) is 3.54. The summed E-state index contributed by atoms with van der Waals surface area (Å²) in [4.78, 5) is 0. The Kier molecular flexibility index (Phi) is 7.75. The Bertz CT molecular complexity index is 371. The van der Waals surface area contributed by atoms with Gasteiger partial charge in [-0.25, -0.2) is 0 Å². The third-order valence-electron chi connectivity index (χ3n) is 3.03. The van der Waals surface area contributed by atoms with Crippen molar-refractivity contribution in [2.75, 3.05) is 32.3 Å². The lowest BCUT2D eigenvalue weighted by atomic mass is 10.1. The summed E-state index contributed by atoms with van der Waals surface area (Å²) in [6.07, 6.45) is 1.20. The van der Waals surface area contributed by atoms with Crippen LogP contribution in [0.5, 0.6) is 11.5 Å². The highest BCUT2D eigenvalue weighted by Crippen LogP contribution is 2.29. The van der Waals surface area contributed by atoms with Crippen molar-refractivity contribution in [3.05, 3.63) is 23.8 Å². The summed E-state index contributed by atoms with van der Waals surface area (Å²) in [5.41, 5.74) is 1.22. The van der Waals surface area contributed by atoms with E-state index in [1.165, 1.54) is 23.5 Å². The second kappa shape index (κ2) is 9.10. The minimum Gasteiger partial charge on any atom is -0.493 e. The zero-order valence-corrected chi connectivity index (χ0v) is 13.2. The molecule has 4 heteroatoms. The molecule has 0 radical (unpaired) electrons. The van der Waals surface area contributed by atoms with Gasteiger partial charge in [0.15, 0.2) is 11.5 Å². The normalized spacial score (nSPS) is 12.2. The first kappa shape index (κ1) is 16.2. The van der Waals surface area contributed by atoms with Crippen molar-refractivity contribution in [2.24, 2.45) is 0 Å². The van der Waals surface area contributed by atoms with E-state index < -0.39 is 0 Å². The maximum Gasteiger partial charge on any atom is 0.161 e. The molecule has 0 aromatic heterocycles. The Morgan fingerprint density at radius 3 is 2.58 bits per heavy atom. The number of nitrogens with one attached hydrogen (secondary N) is 1. The van der Waals surface area contributed by atoms with Gasteiger partial charge in [0.25, 0.3) is 0 Å². The maximum atomic E-state index is 5.33. The van der Waals surface area contributed by atoms with Crippen LogP contribution in [0.1, 0.15) is 31.9 Å². The van der Waals surface area contributed by atoms with Gasteiger partial charge in [0.1, 0.15) is 0 Å². The zero-order chi connectivity index (χ0) is 14.1. The fourth-order valence-corrected chi connectivity index (χ4v) is 2.51. The fraction of sp³-hybridized carbons (Fsp3) is 0.600. The molecule has 1 unspecified atom stereocenters.